The van der Waals surface area contributed by atoms with Crippen LogP contribution in [0.4, 0.5) is 5.69 Å². The number of nitro groups is 1. The van der Waals surface area contributed by atoms with Gasteiger partial charge in [0, 0.05) is 11.6 Å². The van der Waals surface area contributed by atoms with Crippen molar-refractivity contribution in [2.45, 2.75) is 25.6 Å². The van der Waals surface area contributed by atoms with Crippen LogP contribution in [0.1, 0.15) is 46.2 Å². The van der Waals surface area contributed by atoms with E-state index in [4.69, 9.17) is 21.1 Å². The summed E-state index contributed by atoms with van der Waals surface area (Å²) in [4.78, 5) is 33.9. The van der Waals surface area contributed by atoms with Crippen LogP contribution in [-0.2, 0) is 4.74 Å². The van der Waals surface area contributed by atoms with Gasteiger partial charge in [-0.1, -0.05) is 23.7 Å². The van der Waals surface area contributed by atoms with Gasteiger partial charge < -0.3 is 9.47 Å². The van der Waals surface area contributed by atoms with Crippen LogP contribution in [0, 0.1) is 10.1 Å². The Hall–Kier alpha value is -2.93. The molecule has 1 heterocycles. The summed E-state index contributed by atoms with van der Waals surface area (Å²) in [6.07, 6.45) is -0.263. The summed E-state index contributed by atoms with van der Waals surface area (Å²) in [7, 11) is 0. The summed E-state index contributed by atoms with van der Waals surface area (Å²) < 4.78 is 11.3. The number of ether oxygens (including phenoxy) is 2. The molecule has 2 aromatic carbocycles. The second-order valence-corrected chi connectivity index (χ2v) is 6.70. The van der Waals surface area contributed by atoms with Crippen molar-refractivity contribution < 1.29 is 24.0 Å². The SMILES string of the molecule is CC1(C)Oc2c([N+](=O)[O-])ccc(Cl)c2C1OC(=O)c1ccc(C=O)cc1. The second-order valence-electron chi connectivity index (χ2n) is 6.30. The van der Waals surface area contributed by atoms with Crippen LogP contribution in [0.3, 0.4) is 0 Å². The van der Waals surface area contributed by atoms with Gasteiger partial charge in [0.25, 0.3) is 0 Å². The molecule has 1 aliphatic rings. The van der Waals surface area contributed by atoms with Crippen molar-refractivity contribution in [1.82, 2.24) is 0 Å². The molecular weight excluding hydrogens is 362 g/mol. The van der Waals surface area contributed by atoms with Crippen LogP contribution >= 0.6 is 11.6 Å². The standard InChI is InChI=1S/C18H14ClNO6/c1-18(2)16(25-17(22)11-5-3-10(9-21)4-6-11)14-12(19)7-8-13(20(23)24)15(14)26-18/h3-9,16H,1-2H3. The first-order chi connectivity index (χ1) is 12.2. The fourth-order valence-corrected chi connectivity index (χ4v) is 3.05. The number of esters is 1. The number of hydrogen-bond donors (Lipinski definition) is 0. The van der Waals surface area contributed by atoms with Crippen LogP contribution in [0.25, 0.3) is 0 Å². The lowest BCUT2D eigenvalue weighted by atomic mass is 9.97. The highest BCUT2D eigenvalue weighted by Crippen LogP contribution is 2.52. The summed E-state index contributed by atoms with van der Waals surface area (Å²) in [6.45, 7) is 3.31. The molecule has 0 saturated heterocycles. The number of carbonyl (C=O) groups excluding carboxylic acids is 2. The average molecular weight is 376 g/mol. The van der Waals surface area contributed by atoms with Gasteiger partial charge in [-0.15, -0.1) is 0 Å². The highest BCUT2D eigenvalue weighted by molar-refractivity contribution is 6.31. The van der Waals surface area contributed by atoms with Crippen molar-refractivity contribution in [1.29, 1.82) is 0 Å². The molecule has 0 bridgehead atoms. The number of halogens is 1. The molecule has 0 spiro atoms. The van der Waals surface area contributed by atoms with E-state index in [-0.39, 0.29) is 27.6 Å². The zero-order valence-electron chi connectivity index (χ0n) is 13.9. The molecule has 134 valence electrons. The van der Waals surface area contributed by atoms with E-state index < -0.39 is 22.6 Å². The maximum atomic E-state index is 12.5. The van der Waals surface area contributed by atoms with Crippen molar-refractivity contribution in [3.8, 4) is 5.75 Å². The first-order valence-electron chi connectivity index (χ1n) is 7.66. The van der Waals surface area contributed by atoms with E-state index in [9.17, 15) is 19.7 Å². The molecule has 1 unspecified atom stereocenters. The number of hydrogen-bond acceptors (Lipinski definition) is 6. The molecule has 1 aliphatic heterocycles. The van der Waals surface area contributed by atoms with Crippen molar-refractivity contribution in [2.75, 3.05) is 0 Å². The Morgan fingerprint density at radius 2 is 1.92 bits per heavy atom. The molecule has 26 heavy (non-hydrogen) atoms. The Kier molecular flexibility index (Phi) is 4.41. The zero-order chi connectivity index (χ0) is 19.1. The predicted octanol–water partition coefficient (Wildman–Crippen LogP) is 4.13. The molecule has 1 atom stereocenters. The molecule has 7 nitrogen and oxygen atoms in total. The van der Waals surface area contributed by atoms with Crippen LogP contribution < -0.4 is 4.74 Å². The van der Waals surface area contributed by atoms with E-state index in [0.717, 1.165) is 0 Å². The molecule has 8 heteroatoms. The van der Waals surface area contributed by atoms with Gasteiger partial charge in [-0.3, -0.25) is 14.9 Å². The van der Waals surface area contributed by atoms with Crippen molar-refractivity contribution >= 4 is 29.5 Å². The lowest BCUT2D eigenvalue weighted by Crippen LogP contribution is -2.33. The molecule has 0 saturated carbocycles. The van der Waals surface area contributed by atoms with Crippen LogP contribution in [0.15, 0.2) is 36.4 Å². The number of fused-ring (bicyclic) bond motifs is 1. The molecular formula is C18H14ClNO6. The van der Waals surface area contributed by atoms with Gasteiger partial charge in [0.15, 0.2) is 6.10 Å². The van der Waals surface area contributed by atoms with Gasteiger partial charge in [0.2, 0.25) is 5.75 Å². The molecule has 0 radical (unpaired) electrons. The Bertz CT molecular complexity index is 907. The summed E-state index contributed by atoms with van der Waals surface area (Å²) in [5.74, 6) is -0.652. The van der Waals surface area contributed by atoms with Crippen molar-refractivity contribution in [3.63, 3.8) is 0 Å². The molecule has 0 N–H and O–H groups in total. The van der Waals surface area contributed by atoms with Gasteiger partial charge in [-0.2, -0.15) is 0 Å². The van der Waals surface area contributed by atoms with E-state index in [0.29, 0.717) is 11.8 Å². The van der Waals surface area contributed by atoms with E-state index in [1.807, 2.05) is 0 Å². The topological polar surface area (TPSA) is 95.7 Å². The average Bonchev–Trinajstić information content (AvgIpc) is 2.86. The normalized spacial score (nSPS) is 17.1. The molecule has 2 aromatic rings. The minimum absolute atomic E-state index is 0.00148. The lowest BCUT2D eigenvalue weighted by molar-refractivity contribution is -0.386. The Morgan fingerprint density at radius 1 is 1.27 bits per heavy atom. The highest BCUT2D eigenvalue weighted by Gasteiger charge is 2.48. The Balaban J connectivity index is 1.98. The highest BCUT2D eigenvalue weighted by atomic mass is 35.5. The first kappa shape index (κ1) is 17.9. The van der Waals surface area contributed by atoms with Gasteiger partial charge in [-0.05, 0) is 32.0 Å². The Labute approximate surface area is 153 Å². The summed E-state index contributed by atoms with van der Waals surface area (Å²) >= 11 is 6.20. The van der Waals surface area contributed by atoms with Crippen LogP contribution in [0.5, 0.6) is 5.75 Å². The van der Waals surface area contributed by atoms with Crippen molar-refractivity contribution in [2.24, 2.45) is 0 Å². The van der Waals surface area contributed by atoms with E-state index in [1.165, 1.54) is 36.4 Å². The third-order valence-electron chi connectivity index (χ3n) is 4.08. The second kappa shape index (κ2) is 6.42. The smallest absolute Gasteiger partial charge is 0.338 e. The van der Waals surface area contributed by atoms with Crippen LogP contribution in [0.2, 0.25) is 5.02 Å². The number of nitro benzene ring substituents is 1. The third kappa shape index (κ3) is 3.01. The summed E-state index contributed by atoms with van der Waals surface area (Å²) in [5, 5.41) is 11.5. The zero-order valence-corrected chi connectivity index (χ0v) is 14.6. The van der Waals surface area contributed by atoms with E-state index in [1.54, 1.807) is 13.8 Å². The predicted molar refractivity (Wildman–Crippen MR) is 92.8 cm³/mol. The number of rotatable bonds is 4. The Morgan fingerprint density at radius 3 is 2.50 bits per heavy atom. The van der Waals surface area contributed by atoms with Crippen molar-refractivity contribution in [3.05, 3.63) is 68.2 Å². The maximum Gasteiger partial charge on any atom is 0.338 e. The number of benzene rings is 2. The van der Waals surface area contributed by atoms with Gasteiger partial charge in [0.1, 0.15) is 11.9 Å². The van der Waals surface area contributed by atoms with Gasteiger partial charge in [-0.25, -0.2) is 4.79 Å². The maximum absolute atomic E-state index is 12.5. The van der Waals surface area contributed by atoms with Crippen LogP contribution in [-0.4, -0.2) is 22.8 Å². The molecule has 0 aromatic heterocycles. The quantitative estimate of drug-likeness (QED) is 0.345. The molecule has 0 aliphatic carbocycles. The fraction of sp³-hybridized carbons (Fsp3) is 0.222. The minimum Gasteiger partial charge on any atom is -0.476 e. The number of nitrogens with zero attached hydrogens (tertiary/aromatic N) is 1. The van der Waals surface area contributed by atoms with E-state index in [2.05, 4.69) is 0 Å². The minimum atomic E-state index is -1.05. The first-order valence-corrected chi connectivity index (χ1v) is 8.04. The third-order valence-corrected chi connectivity index (χ3v) is 4.41. The number of aldehydes is 1. The van der Waals surface area contributed by atoms with Gasteiger partial charge in [0.05, 0.1) is 21.1 Å². The molecule has 3 rings (SSSR count). The molecule has 0 fully saturated rings. The fourth-order valence-electron chi connectivity index (χ4n) is 2.80. The monoisotopic (exact) mass is 375 g/mol. The largest absolute Gasteiger partial charge is 0.476 e. The summed E-state index contributed by atoms with van der Waals surface area (Å²) in [5.41, 5.74) is -0.359. The lowest BCUT2D eigenvalue weighted by Gasteiger charge is -2.26. The summed E-state index contributed by atoms with van der Waals surface area (Å²) in [6, 6.07) is 8.54. The van der Waals surface area contributed by atoms with E-state index >= 15 is 0 Å². The van der Waals surface area contributed by atoms with Gasteiger partial charge >= 0.3 is 11.7 Å². The molecule has 0 amide bonds. The number of carbonyl (C=O) groups is 2.